The van der Waals surface area contributed by atoms with Crippen LogP contribution in [0.5, 0.6) is 11.5 Å². The number of nitriles is 1. The Morgan fingerprint density at radius 3 is 2.57 bits per heavy atom. The van der Waals surface area contributed by atoms with Gasteiger partial charge in [0.2, 0.25) is 6.79 Å². The molecular weight excluding hydrogens is 372 g/mol. The molecule has 4 aromatic rings. The van der Waals surface area contributed by atoms with Gasteiger partial charge in [-0.25, -0.2) is 9.97 Å². The number of ether oxygens (including phenoxy) is 2. The van der Waals surface area contributed by atoms with Crippen LogP contribution in [0.25, 0.3) is 34.0 Å². The second-order valence-corrected chi connectivity index (χ2v) is 7.38. The van der Waals surface area contributed by atoms with Gasteiger partial charge in [-0.3, -0.25) is 0 Å². The Labute approximate surface area is 165 Å². The molecule has 1 aliphatic rings. The number of imidazole rings is 1. The van der Waals surface area contributed by atoms with Gasteiger partial charge in [-0.1, -0.05) is 0 Å². The molecule has 7 heteroatoms. The SMILES string of the molecule is Cc1nc(-c2[nH]c(-c3ccc(C#N)cc3)nc2-c2ccc3c(c2)OCO3)cs1. The number of nitrogens with one attached hydrogen (secondary N) is 1. The summed E-state index contributed by atoms with van der Waals surface area (Å²) in [6, 6.07) is 15.3. The number of benzene rings is 2. The lowest BCUT2D eigenvalue weighted by Crippen LogP contribution is -1.92. The van der Waals surface area contributed by atoms with Gasteiger partial charge in [-0.05, 0) is 49.4 Å². The van der Waals surface area contributed by atoms with Crippen molar-refractivity contribution in [3.8, 4) is 51.6 Å². The summed E-state index contributed by atoms with van der Waals surface area (Å²) in [6.45, 7) is 2.21. The fourth-order valence-corrected chi connectivity index (χ4v) is 3.73. The third-order valence-corrected chi connectivity index (χ3v) is 5.29. The van der Waals surface area contributed by atoms with E-state index in [2.05, 4.69) is 16.0 Å². The van der Waals surface area contributed by atoms with E-state index in [0.717, 1.165) is 44.8 Å². The Kier molecular flexibility index (Phi) is 3.85. The van der Waals surface area contributed by atoms with Crippen LogP contribution in [0.1, 0.15) is 10.6 Å². The van der Waals surface area contributed by atoms with Gasteiger partial charge in [-0.15, -0.1) is 11.3 Å². The number of hydrogen-bond donors (Lipinski definition) is 1. The standard InChI is InChI=1S/C21H14N4O2S/c1-12-23-16(10-28-12)20-19(15-6-7-17-18(8-15)27-11-26-17)24-21(25-20)14-4-2-13(9-22)3-5-14/h2-8,10H,11H2,1H3,(H,24,25). The maximum atomic E-state index is 9.02. The van der Waals surface area contributed by atoms with Crippen LogP contribution >= 0.6 is 11.3 Å². The molecule has 2 aromatic carbocycles. The smallest absolute Gasteiger partial charge is 0.231 e. The highest BCUT2D eigenvalue weighted by Gasteiger charge is 2.20. The van der Waals surface area contributed by atoms with Crippen LogP contribution in [0.2, 0.25) is 0 Å². The molecule has 5 rings (SSSR count). The van der Waals surface area contributed by atoms with Crippen molar-refractivity contribution in [1.29, 1.82) is 5.26 Å². The molecule has 28 heavy (non-hydrogen) atoms. The summed E-state index contributed by atoms with van der Waals surface area (Å²) in [4.78, 5) is 12.9. The van der Waals surface area contributed by atoms with Gasteiger partial charge in [0.1, 0.15) is 5.82 Å². The second kappa shape index (κ2) is 6.51. The van der Waals surface area contributed by atoms with Gasteiger partial charge in [-0.2, -0.15) is 5.26 Å². The number of fused-ring (bicyclic) bond motifs is 1. The molecule has 6 nitrogen and oxygen atoms in total. The number of thiazole rings is 1. The lowest BCUT2D eigenvalue weighted by atomic mass is 10.1. The number of H-pyrrole nitrogens is 1. The number of rotatable bonds is 3. The zero-order valence-corrected chi connectivity index (χ0v) is 15.7. The summed E-state index contributed by atoms with van der Waals surface area (Å²) in [5.74, 6) is 2.16. The average Bonchev–Trinajstić information content (AvgIpc) is 3.46. The molecule has 136 valence electrons. The first kappa shape index (κ1) is 16.5. The predicted octanol–water partition coefficient (Wildman–Crippen LogP) is 4.78. The summed E-state index contributed by atoms with van der Waals surface area (Å²) in [5, 5.41) is 12.0. The average molecular weight is 386 g/mol. The monoisotopic (exact) mass is 386 g/mol. The number of nitrogens with zero attached hydrogens (tertiary/aromatic N) is 3. The quantitative estimate of drug-likeness (QED) is 0.548. The largest absolute Gasteiger partial charge is 0.454 e. The fraction of sp³-hybridized carbons (Fsp3) is 0.0952. The van der Waals surface area contributed by atoms with Crippen molar-refractivity contribution in [3.05, 3.63) is 58.4 Å². The third-order valence-electron chi connectivity index (χ3n) is 4.51. The zero-order valence-electron chi connectivity index (χ0n) is 14.9. The molecule has 0 saturated heterocycles. The van der Waals surface area contributed by atoms with Gasteiger partial charge < -0.3 is 14.5 Å². The normalized spacial score (nSPS) is 12.1. The van der Waals surface area contributed by atoms with Crippen LogP contribution in [0.3, 0.4) is 0 Å². The van der Waals surface area contributed by atoms with Gasteiger partial charge >= 0.3 is 0 Å². The minimum absolute atomic E-state index is 0.230. The Bertz CT molecular complexity index is 1220. The van der Waals surface area contributed by atoms with Crippen LogP contribution < -0.4 is 9.47 Å². The van der Waals surface area contributed by atoms with Crippen molar-refractivity contribution < 1.29 is 9.47 Å². The Hall–Kier alpha value is -3.63. The van der Waals surface area contributed by atoms with Crippen molar-refractivity contribution in [3.63, 3.8) is 0 Å². The molecule has 2 aromatic heterocycles. The Morgan fingerprint density at radius 1 is 1.04 bits per heavy atom. The summed E-state index contributed by atoms with van der Waals surface area (Å²) in [5.41, 5.74) is 4.93. The molecule has 0 atom stereocenters. The molecule has 0 saturated carbocycles. The maximum Gasteiger partial charge on any atom is 0.231 e. The van der Waals surface area contributed by atoms with E-state index in [-0.39, 0.29) is 6.79 Å². The van der Waals surface area contributed by atoms with Gasteiger partial charge in [0, 0.05) is 16.5 Å². The summed E-state index contributed by atoms with van der Waals surface area (Å²) in [6.07, 6.45) is 0. The van der Waals surface area contributed by atoms with E-state index in [1.54, 1.807) is 23.5 Å². The predicted molar refractivity (Wildman–Crippen MR) is 106 cm³/mol. The molecule has 0 aliphatic carbocycles. The van der Waals surface area contributed by atoms with E-state index in [9.17, 15) is 0 Å². The topological polar surface area (TPSA) is 83.8 Å². The highest BCUT2D eigenvalue weighted by molar-refractivity contribution is 7.09. The summed E-state index contributed by atoms with van der Waals surface area (Å²) in [7, 11) is 0. The Balaban J connectivity index is 1.66. The lowest BCUT2D eigenvalue weighted by molar-refractivity contribution is 0.174. The minimum atomic E-state index is 0.230. The van der Waals surface area contributed by atoms with E-state index in [1.807, 2.05) is 42.6 Å². The van der Waals surface area contributed by atoms with Crippen LogP contribution in [-0.2, 0) is 0 Å². The van der Waals surface area contributed by atoms with Crippen molar-refractivity contribution in [2.24, 2.45) is 0 Å². The molecular formula is C21H14N4O2S. The van der Waals surface area contributed by atoms with E-state index < -0.39 is 0 Å². The third kappa shape index (κ3) is 2.80. The Morgan fingerprint density at radius 2 is 1.82 bits per heavy atom. The molecule has 0 amide bonds. The first-order valence-electron chi connectivity index (χ1n) is 8.64. The van der Waals surface area contributed by atoms with E-state index in [0.29, 0.717) is 11.3 Å². The molecule has 0 bridgehead atoms. The number of aromatic nitrogens is 3. The van der Waals surface area contributed by atoms with E-state index in [4.69, 9.17) is 19.7 Å². The second-order valence-electron chi connectivity index (χ2n) is 6.32. The van der Waals surface area contributed by atoms with Crippen molar-refractivity contribution in [2.75, 3.05) is 6.79 Å². The summed E-state index contributed by atoms with van der Waals surface area (Å²) >= 11 is 1.59. The van der Waals surface area contributed by atoms with Crippen LogP contribution in [0.4, 0.5) is 0 Å². The highest BCUT2D eigenvalue weighted by Crippen LogP contribution is 2.39. The highest BCUT2D eigenvalue weighted by atomic mass is 32.1. The number of hydrogen-bond acceptors (Lipinski definition) is 6. The molecule has 0 fully saturated rings. The molecule has 3 heterocycles. The van der Waals surface area contributed by atoms with Crippen molar-refractivity contribution in [1.82, 2.24) is 15.0 Å². The fourth-order valence-electron chi connectivity index (χ4n) is 3.13. The van der Waals surface area contributed by atoms with Gasteiger partial charge in [0.05, 0.1) is 33.7 Å². The van der Waals surface area contributed by atoms with E-state index in [1.165, 1.54) is 0 Å². The lowest BCUT2D eigenvalue weighted by Gasteiger charge is -2.02. The number of aromatic amines is 1. The van der Waals surface area contributed by atoms with Crippen LogP contribution in [0.15, 0.2) is 47.8 Å². The zero-order chi connectivity index (χ0) is 19.1. The molecule has 1 N–H and O–H groups in total. The van der Waals surface area contributed by atoms with Gasteiger partial charge in [0.25, 0.3) is 0 Å². The summed E-state index contributed by atoms with van der Waals surface area (Å²) < 4.78 is 10.9. The van der Waals surface area contributed by atoms with Gasteiger partial charge in [0.15, 0.2) is 11.5 Å². The molecule has 0 unspecified atom stereocenters. The van der Waals surface area contributed by atoms with Crippen molar-refractivity contribution in [2.45, 2.75) is 6.92 Å². The molecule has 0 radical (unpaired) electrons. The van der Waals surface area contributed by atoms with E-state index >= 15 is 0 Å². The minimum Gasteiger partial charge on any atom is -0.454 e. The molecule has 0 spiro atoms. The first-order chi connectivity index (χ1) is 13.7. The van der Waals surface area contributed by atoms with Crippen LogP contribution in [-0.4, -0.2) is 21.7 Å². The first-order valence-corrected chi connectivity index (χ1v) is 9.52. The van der Waals surface area contributed by atoms with Crippen molar-refractivity contribution >= 4 is 11.3 Å². The van der Waals surface area contributed by atoms with Crippen LogP contribution in [0, 0.1) is 18.3 Å². The maximum absolute atomic E-state index is 9.02. The molecule has 1 aliphatic heterocycles. The number of aryl methyl sites for hydroxylation is 1.